The van der Waals surface area contributed by atoms with Gasteiger partial charge in [0.25, 0.3) is 0 Å². The van der Waals surface area contributed by atoms with Crippen LogP contribution in [-0.4, -0.2) is 27.6 Å². The number of anilines is 1. The first kappa shape index (κ1) is 13.4. The molecule has 0 bridgehead atoms. The molecular weight excluding hydrogens is 288 g/mol. The molecular formula is C14H12N4O2S. The molecule has 7 heteroatoms. The number of carbonyl (C=O) groups is 1. The number of amides is 1. The summed E-state index contributed by atoms with van der Waals surface area (Å²) in [6.45, 7) is 0. The molecule has 0 atom stereocenters. The first-order chi connectivity index (χ1) is 10.3. The molecule has 1 N–H and O–H groups in total. The Morgan fingerprint density at radius 3 is 2.95 bits per heavy atom. The van der Waals surface area contributed by atoms with E-state index in [0.29, 0.717) is 5.82 Å². The predicted molar refractivity (Wildman–Crippen MR) is 79.6 cm³/mol. The minimum atomic E-state index is -0.544. The van der Waals surface area contributed by atoms with E-state index in [1.807, 2.05) is 40.8 Å². The van der Waals surface area contributed by atoms with Gasteiger partial charge in [0.1, 0.15) is 10.7 Å². The van der Waals surface area contributed by atoms with Gasteiger partial charge in [-0.1, -0.05) is 23.9 Å². The van der Waals surface area contributed by atoms with Crippen molar-refractivity contribution in [1.82, 2.24) is 14.4 Å². The molecule has 3 heterocycles. The Morgan fingerprint density at radius 2 is 2.19 bits per heavy atom. The van der Waals surface area contributed by atoms with Crippen LogP contribution in [-0.2, 0) is 4.74 Å². The molecule has 3 aromatic rings. The Labute approximate surface area is 125 Å². The van der Waals surface area contributed by atoms with E-state index in [-0.39, 0.29) is 0 Å². The summed E-state index contributed by atoms with van der Waals surface area (Å²) in [6, 6.07) is 11.5. The molecule has 6 nitrogen and oxygen atoms in total. The standard InChI is InChI=1S/C14H12N4O2S/c1-20-14(19)17-10-9-18-11(16-10)5-4-7-13(18)21-12-6-2-3-8-15-12/h2-9H,1H3,(H,17,19). The van der Waals surface area contributed by atoms with Crippen molar-refractivity contribution in [2.24, 2.45) is 0 Å². The van der Waals surface area contributed by atoms with E-state index in [2.05, 4.69) is 20.0 Å². The van der Waals surface area contributed by atoms with E-state index in [9.17, 15) is 4.79 Å². The molecule has 106 valence electrons. The first-order valence-electron chi connectivity index (χ1n) is 6.18. The summed E-state index contributed by atoms with van der Waals surface area (Å²) >= 11 is 1.52. The minimum absolute atomic E-state index is 0.441. The van der Waals surface area contributed by atoms with Gasteiger partial charge in [-0.2, -0.15) is 0 Å². The van der Waals surface area contributed by atoms with Crippen LogP contribution in [0.3, 0.4) is 0 Å². The molecule has 3 rings (SSSR count). The van der Waals surface area contributed by atoms with Gasteiger partial charge in [-0.05, 0) is 24.3 Å². The fraction of sp³-hybridized carbons (Fsp3) is 0.0714. The number of hydrogen-bond donors (Lipinski definition) is 1. The maximum Gasteiger partial charge on any atom is 0.412 e. The van der Waals surface area contributed by atoms with Crippen LogP contribution in [0.15, 0.2) is 58.8 Å². The Bertz CT molecular complexity index is 773. The van der Waals surface area contributed by atoms with Crippen molar-refractivity contribution in [3.63, 3.8) is 0 Å². The number of rotatable bonds is 3. The van der Waals surface area contributed by atoms with Gasteiger partial charge in [0.15, 0.2) is 5.82 Å². The minimum Gasteiger partial charge on any atom is -0.453 e. The van der Waals surface area contributed by atoms with Crippen LogP contribution in [0.4, 0.5) is 10.6 Å². The molecule has 0 saturated carbocycles. The van der Waals surface area contributed by atoms with Crippen molar-refractivity contribution < 1.29 is 9.53 Å². The lowest BCUT2D eigenvalue weighted by atomic mass is 10.5. The van der Waals surface area contributed by atoms with E-state index in [4.69, 9.17) is 0 Å². The number of imidazole rings is 1. The van der Waals surface area contributed by atoms with E-state index in [1.165, 1.54) is 18.9 Å². The van der Waals surface area contributed by atoms with E-state index in [0.717, 1.165) is 15.7 Å². The second-order valence-electron chi connectivity index (χ2n) is 4.10. The van der Waals surface area contributed by atoms with Crippen LogP contribution in [0.5, 0.6) is 0 Å². The quantitative estimate of drug-likeness (QED) is 0.805. The molecule has 0 aromatic carbocycles. The zero-order valence-electron chi connectivity index (χ0n) is 11.2. The van der Waals surface area contributed by atoms with Gasteiger partial charge in [0, 0.05) is 6.20 Å². The molecule has 0 saturated heterocycles. The summed E-state index contributed by atoms with van der Waals surface area (Å²) in [7, 11) is 1.31. The Balaban J connectivity index is 1.94. The summed E-state index contributed by atoms with van der Waals surface area (Å²) in [5, 5.41) is 4.40. The number of nitrogens with zero attached hydrogens (tertiary/aromatic N) is 3. The molecule has 21 heavy (non-hydrogen) atoms. The largest absolute Gasteiger partial charge is 0.453 e. The zero-order chi connectivity index (χ0) is 14.7. The summed E-state index contributed by atoms with van der Waals surface area (Å²) < 4.78 is 6.45. The third kappa shape index (κ3) is 2.97. The fourth-order valence-electron chi connectivity index (χ4n) is 1.80. The molecule has 1 amide bonds. The van der Waals surface area contributed by atoms with Crippen molar-refractivity contribution in [3.8, 4) is 0 Å². The highest BCUT2D eigenvalue weighted by Crippen LogP contribution is 2.27. The van der Waals surface area contributed by atoms with Gasteiger partial charge in [-0.3, -0.25) is 9.72 Å². The number of hydrogen-bond acceptors (Lipinski definition) is 5. The van der Waals surface area contributed by atoms with Crippen molar-refractivity contribution in [3.05, 3.63) is 48.8 Å². The molecule has 0 fully saturated rings. The number of carbonyl (C=O) groups excluding carboxylic acids is 1. The third-order valence-corrected chi connectivity index (χ3v) is 3.71. The number of ether oxygens (including phenoxy) is 1. The second kappa shape index (κ2) is 5.84. The van der Waals surface area contributed by atoms with Gasteiger partial charge in [-0.25, -0.2) is 14.8 Å². The Kier molecular flexibility index (Phi) is 3.74. The first-order valence-corrected chi connectivity index (χ1v) is 7.00. The summed E-state index contributed by atoms with van der Waals surface area (Å²) in [4.78, 5) is 19.8. The average molecular weight is 300 g/mol. The normalized spacial score (nSPS) is 10.5. The number of fused-ring (bicyclic) bond motifs is 1. The molecule has 0 aliphatic heterocycles. The second-order valence-corrected chi connectivity index (χ2v) is 5.15. The van der Waals surface area contributed by atoms with Crippen molar-refractivity contribution in [2.75, 3.05) is 12.4 Å². The molecule has 0 radical (unpaired) electrons. The van der Waals surface area contributed by atoms with Gasteiger partial charge in [-0.15, -0.1) is 0 Å². The maximum absolute atomic E-state index is 11.2. The SMILES string of the molecule is COC(=O)Nc1cn2c(Sc3ccccn3)cccc2n1. The fourth-order valence-corrected chi connectivity index (χ4v) is 2.66. The smallest absolute Gasteiger partial charge is 0.412 e. The lowest BCUT2D eigenvalue weighted by molar-refractivity contribution is 0.187. The number of aromatic nitrogens is 3. The molecule has 0 aliphatic rings. The van der Waals surface area contributed by atoms with Crippen LogP contribution >= 0.6 is 11.8 Å². The van der Waals surface area contributed by atoms with Gasteiger partial charge >= 0.3 is 6.09 Å². The summed E-state index contributed by atoms with van der Waals surface area (Å²) in [6.07, 6.45) is 2.95. The Hall–Kier alpha value is -2.54. The Morgan fingerprint density at radius 1 is 1.29 bits per heavy atom. The van der Waals surface area contributed by atoms with Crippen LogP contribution in [0.1, 0.15) is 0 Å². The maximum atomic E-state index is 11.2. The highest BCUT2D eigenvalue weighted by Gasteiger charge is 2.09. The van der Waals surface area contributed by atoms with Crippen LogP contribution in [0.2, 0.25) is 0 Å². The molecule has 0 spiro atoms. The number of nitrogens with one attached hydrogen (secondary N) is 1. The highest BCUT2D eigenvalue weighted by atomic mass is 32.2. The summed E-state index contributed by atoms with van der Waals surface area (Å²) in [5.74, 6) is 0.441. The van der Waals surface area contributed by atoms with E-state index in [1.54, 1.807) is 12.4 Å². The topological polar surface area (TPSA) is 68.5 Å². The van der Waals surface area contributed by atoms with Gasteiger partial charge in [0.05, 0.1) is 18.3 Å². The lowest BCUT2D eigenvalue weighted by Gasteiger charge is -2.03. The third-order valence-electron chi connectivity index (χ3n) is 2.72. The van der Waals surface area contributed by atoms with Gasteiger partial charge < -0.3 is 4.74 Å². The van der Waals surface area contributed by atoms with E-state index >= 15 is 0 Å². The molecule has 0 aliphatic carbocycles. The van der Waals surface area contributed by atoms with Crippen molar-refractivity contribution in [2.45, 2.75) is 10.1 Å². The monoisotopic (exact) mass is 300 g/mol. The van der Waals surface area contributed by atoms with Crippen LogP contribution in [0.25, 0.3) is 5.65 Å². The lowest BCUT2D eigenvalue weighted by Crippen LogP contribution is -2.10. The van der Waals surface area contributed by atoms with Crippen LogP contribution < -0.4 is 5.32 Å². The summed E-state index contributed by atoms with van der Waals surface area (Å²) in [5.41, 5.74) is 0.738. The van der Waals surface area contributed by atoms with Crippen LogP contribution in [0, 0.1) is 0 Å². The number of pyridine rings is 2. The predicted octanol–water partition coefficient (Wildman–Crippen LogP) is 3.06. The highest BCUT2D eigenvalue weighted by molar-refractivity contribution is 7.99. The molecule has 3 aromatic heterocycles. The zero-order valence-corrected chi connectivity index (χ0v) is 12.0. The molecule has 0 unspecified atom stereocenters. The van der Waals surface area contributed by atoms with Crippen molar-refractivity contribution >= 4 is 29.3 Å². The average Bonchev–Trinajstić information content (AvgIpc) is 2.91. The van der Waals surface area contributed by atoms with E-state index < -0.39 is 6.09 Å². The number of methoxy groups -OCH3 is 1. The van der Waals surface area contributed by atoms with Crippen molar-refractivity contribution in [1.29, 1.82) is 0 Å². The van der Waals surface area contributed by atoms with Gasteiger partial charge in [0.2, 0.25) is 0 Å².